The highest BCUT2D eigenvalue weighted by Crippen LogP contribution is 2.26. The Morgan fingerprint density at radius 3 is 1.33 bits per heavy atom. The van der Waals surface area contributed by atoms with E-state index in [-0.39, 0.29) is 11.1 Å². The maximum absolute atomic E-state index is 11.1. The lowest BCUT2D eigenvalue weighted by Gasteiger charge is -2.10. The van der Waals surface area contributed by atoms with E-state index in [2.05, 4.69) is 5.32 Å². The van der Waals surface area contributed by atoms with Gasteiger partial charge in [-0.25, -0.2) is 9.59 Å². The zero-order valence-corrected chi connectivity index (χ0v) is 14.1. The average Bonchev–Trinajstić information content (AvgIpc) is 2.67. The lowest BCUT2D eigenvalue weighted by molar-refractivity contribution is 0.0686. The zero-order valence-electron chi connectivity index (χ0n) is 14.1. The van der Waals surface area contributed by atoms with Crippen LogP contribution in [0.2, 0.25) is 0 Å². The van der Waals surface area contributed by atoms with Crippen LogP contribution in [0, 0.1) is 0 Å². The zero-order chi connectivity index (χ0) is 19.0. The number of rotatable bonds is 4. The van der Waals surface area contributed by atoms with Crippen LogP contribution in [-0.2, 0) is 0 Å². The Morgan fingerprint density at radius 1 is 0.556 bits per heavy atom. The minimum absolute atomic E-state index is 0.262. The number of fused-ring (bicyclic) bond motifs is 2. The average molecular weight is 357 g/mol. The normalized spacial score (nSPS) is 10.8. The molecule has 0 aliphatic heterocycles. The highest BCUT2D eigenvalue weighted by atomic mass is 16.4. The number of anilines is 2. The number of benzene rings is 4. The molecule has 0 fully saturated rings. The van der Waals surface area contributed by atoms with E-state index >= 15 is 0 Å². The highest BCUT2D eigenvalue weighted by molar-refractivity contribution is 5.97. The van der Waals surface area contributed by atoms with Crippen molar-refractivity contribution in [1.82, 2.24) is 0 Å². The molecule has 0 aromatic heterocycles. The summed E-state index contributed by atoms with van der Waals surface area (Å²) < 4.78 is 0. The van der Waals surface area contributed by atoms with Gasteiger partial charge in [0.2, 0.25) is 0 Å². The summed E-state index contributed by atoms with van der Waals surface area (Å²) in [4.78, 5) is 22.1. The van der Waals surface area contributed by atoms with Crippen LogP contribution in [0.3, 0.4) is 0 Å². The van der Waals surface area contributed by atoms with Crippen molar-refractivity contribution in [3.05, 3.63) is 83.9 Å². The summed E-state index contributed by atoms with van der Waals surface area (Å²) in [5.41, 5.74) is 2.29. The van der Waals surface area contributed by atoms with Gasteiger partial charge < -0.3 is 15.5 Å². The summed E-state index contributed by atoms with van der Waals surface area (Å²) in [7, 11) is 0. The monoisotopic (exact) mass is 357 g/mol. The minimum atomic E-state index is -0.943. The van der Waals surface area contributed by atoms with Gasteiger partial charge in [0, 0.05) is 11.4 Å². The van der Waals surface area contributed by atoms with Crippen molar-refractivity contribution in [2.75, 3.05) is 5.32 Å². The third-order valence-electron chi connectivity index (χ3n) is 4.46. The molecule has 4 aromatic rings. The molecule has 5 heteroatoms. The molecule has 0 aliphatic rings. The first-order valence-electron chi connectivity index (χ1n) is 8.31. The summed E-state index contributed by atoms with van der Waals surface area (Å²) in [5, 5.41) is 25.1. The van der Waals surface area contributed by atoms with E-state index in [1.165, 1.54) is 0 Å². The van der Waals surface area contributed by atoms with E-state index in [0.717, 1.165) is 32.9 Å². The molecule has 27 heavy (non-hydrogen) atoms. The first-order chi connectivity index (χ1) is 13.0. The Morgan fingerprint density at radius 2 is 0.926 bits per heavy atom. The second-order valence-electron chi connectivity index (χ2n) is 6.29. The van der Waals surface area contributed by atoms with Gasteiger partial charge in [0.25, 0.3) is 0 Å². The summed E-state index contributed by atoms with van der Waals surface area (Å²) >= 11 is 0. The molecule has 0 bridgehead atoms. The predicted octanol–water partition coefficient (Wildman–Crippen LogP) is 5.13. The number of hydrogen-bond acceptors (Lipinski definition) is 3. The summed E-state index contributed by atoms with van der Waals surface area (Å²) in [6.07, 6.45) is 0. The van der Waals surface area contributed by atoms with E-state index in [0.29, 0.717) is 0 Å². The van der Waals surface area contributed by atoms with Crippen LogP contribution in [0.1, 0.15) is 20.7 Å². The minimum Gasteiger partial charge on any atom is -0.478 e. The molecule has 132 valence electrons. The SMILES string of the molecule is O=C(O)c1ccc2cc(Nc3ccc4cc(C(=O)O)ccc4c3)ccc2c1. The number of carboxylic acids is 2. The molecule has 0 saturated heterocycles. The third kappa shape index (κ3) is 3.30. The molecular weight excluding hydrogens is 342 g/mol. The van der Waals surface area contributed by atoms with Crippen molar-refractivity contribution in [2.45, 2.75) is 0 Å². The van der Waals surface area contributed by atoms with E-state index in [1.807, 2.05) is 36.4 Å². The van der Waals surface area contributed by atoms with E-state index in [1.54, 1.807) is 36.4 Å². The molecular formula is C22H15NO4. The predicted molar refractivity (Wildman–Crippen MR) is 105 cm³/mol. The van der Waals surface area contributed by atoms with Gasteiger partial charge in [0.15, 0.2) is 0 Å². The fourth-order valence-corrected chi connectivity index (χ4v) is 3.08. The molecule has 3 N–H and O–H groups in total. The van der Waals surface area contributed by atoms with Crippen molar-refractivity contribution in [3.63, 3.8) is 0 Å². The lowest BCUT2D eigenvalue weighted by Crippen LogP contribution is -1.96. The van der Waals surface area contributed by atoms with Gasteiger partial charge in [-0.1, -0.05) is 24.3 Å². The fourth-order valence-electron chi connectivity index (χ4n) is 3.08. The number of hydrogen-bond donors (Lipinski definition) is 3. The van der Waals surface area contributed by atoms with Gasteiger partial charge in [-0.15, -0.1) is 0 Å². The van der Waals surface area contributed by atoms with E-state index < -0.39 is 11.9 Å². The van der Waals surface area contributed by atoms with Crippen molar-refractivity contribution in [1.29, 1.82) is 0 Å². The molecule has 0 atom stereocenters. The first-order valence-corrected chi connectivity index (χ1v) is 8.31. The smallest absolute Gasteiger partial charge is 0.335 e. The van der Waals surface area contributed by atoms with Crippen LogP contribution in [0.25, 0.3) is 21.5 Å². The van der Waals surface area contributed by atoms with Gasteiger partial charge in [-0.3, -0.25) is 0 Å². The van der Waals surface area contributed by atoms with Crippen LogP contribution >= 0.6 is 0 Å². The Bertz CT molecular complexity index is 1120. The van der Waals surface area contributed by atoms with Crippen molar-refractivity contribution < 1.29 is 19.8 Å². The molecule has 4 aromatic carbocycles. The summed E-state index contributed by atoms with van der Waals surface area (Å²) in [6.45, 7) is 0. The highest BCUT2D eigenvalue weighted by Gasteiger charge is 2.06. The number of carboxylic acid groups (broad SMARTS) is 2. The summed E-state index contributed by atoms with van der Waals surface area (Å²) in [6, 6.07) is 21.5. The van der Waals surface area contributed by atoms with Crippen LogP contribution in [0.4, 0.5) is 11.4 Å². The van der Waals surface area contributed by atoms with Crippen molar-refractivity contribution in [3.8, 4) is 0 Å². The molecule has 0 aliphatic carbocycles. The quantitative estimate of drug-likeness (QED) is 0.471. The van der Waals surface area contributed by atoms with Crippen LogP contribution in [-0.4, -0.2) is 22.2 Å². The maximum Gasteiger partial charge on any atom is 0.335 e. The van der Waals surface area contributed by atoms with Gasteiger partial charge >= 0.3 is 11.9 Å². The standard InChI is InChI=1S/C22H15NO4/c24-21(25)17-3-1-15-11-19(7-5-13(15)9-17)23-20-8-6-14-10-18(22(26)27)4-2-16(14)12-20/h1-12,23H,(H,24,25)(H,26,27). The lowest BCUT2D eigenvalue weighted by atomic mass is 10.1. The first kappa shape index (κ1) is 16.6. The second kappa shape index (κ2) is 6.46. The van der Waals surface area contributed by atoms with Gasteiger partial charge in [0.1, 0.15) is 0 Å². The van der Waals surface area contributed by atoms with E-state index in [9.17, 15) is 9.59 Å². The molecule has 0 spiro atoms. The molecule has 0 heterocycles. The topological polar surface area (TPSA) is 86.6 Å². The molecule has 0 amide bonds. The molecule has 0 radical (unpaired) electrons. The van der Waals surface area contributed by atoms with Crippen molar-refractivity contribution in [2.24, 2.45) is 0 Å². The van der Waals surface area contributed by atoms with Crippen LogP contribution < -0.4 is 5.32 Å². The molecule has 0 saturated carbocycles. The Kier molecular flexibility index (Phi) is 3.97. The fraction of sp³-hybridized carbons (Fsp3) is 0. The maximum atomic E-state index is 11.1. The Hall–Kier alpha value is -3.86. The Labute approximate surface area is 154 Å². The number of nitrogens with one attached hydrogen (secondary N) is 1. The van der Waals surface area contributed by atoms with E-state index in [4.69, 9.17) is 10.2 Å². The number of carbonyl (C=O) groups is 2. The van der Waals surface area contributed by atoms with Gasteiger partial charge in [-0.2, -0.15) is 0 Å². The second-order valence-corrected chi connectivity index (χ2v) is 6.29. The molecule has 5 nitrogen and oxygen atoms in total. The third-order valence-corrected chi connectivity index (χ3v) is 4.46. The summed E-state index contributed by atoms with van der Waals surface area (Å²) in [5.74, 6) is -1.89. The molecule has 4 rings (SSSR count). The number of aromatic carboxylic acids is 2. The largest absolute Gasteiger partial charge is 0.478 e. The van der Waals surface area contributed by atoms with Crippen LogP contribution in [0.15, 0.2) is 72.8 Å². The van der Waals surface area contributed by atoms with Gasteiger partial charge in [-0.05, 0) is 70.1 Å². The van der Waals surface area contributed by atoms with Crippen LogP contribution in [0.5, 0.6) is 0 Å². The van der Waals surface area contributed by atoms with Gasteiger partial charge in [0.05, 0.1) is 11.1 Å². The molecule has 0 unspecified atom stereocenters. The van der Waals surface area contributed by atoms with Crippen molar-refractivity contribution >= 4 is 44.9 Å². The Balaban J connectivity index is 1.64.